The van der Waals surface area contributed by atoms with E-state index >= 15 is 0 Å². The minimum Gasteiger partial charge on any atom is -0.330 e. The van der Waals surface area contributed by atoms with Crippen LogP contribution in [0.3, 0.4) is 0 Å². The summed E-state index contributed by atoms with van der Waals surface area (Å²) in [5, 5.41) is 0.668. The van der Waals surface area contributed by atoms with Crippen LogP contribution >= 0.6 is 23.2 Å². The van der Waals surface area contributed by atoms with Crippen molar-refractivity contribution in [2.24, 2.45) is 11.1 Å². The van der Waals surface area contributed by atoms with Crippen molar-refractivity contribution < 1.29 is 0 Å². The van der Waals surface area contributed by atoms with E-state index in [1.807, 2.05) is 0 Å². The molecule has 0 amide bonds. The van der Waals surface area contributed by atoms with Gasteiger partial charge in [0, 0.05) is 23.7 Å². The van der Waals surface area contributed by atoms with Gasteiger partial charge in [-0.3, -0.25) is 4.90 Å². The highest BCUT2D eigenvalue weighted by Gasteiger charge is 2.19. The number of hydrogen-bond acceptors (Lipinski definition) is 2. The Labute approximate surface area is 97.0 Å². The van der Waals surface area contributed by atoms with Crippen molar-refractivity contribution in [1.82, 2.24) is 4.90 Å². The van der Waals surface area contributed by atoms with E-state index in [2.05, 4.69) is 25.7 Å². The summed E-state index contributed by atoms with van der Waals surface area (Å²) in [6.45, 7) is 9.65. The van der Waals surface area contributed by atoms with Crippen molar-refractivity contribution in [2.45, 2.75) is 20.8 Å². The Balaban J connectivity index is 4.16. The molecule has 0 bridgehead atoms. The van der Waals surface area contributed by atoms with Gasteiger partial charge in [0.2, 0.25) is 0 Å². The number of halogens is 2. The maximum atomic E-state index is 5.87. The molecule has 0 spiro atoms. The molecule has 0 unspecified atom stereocenters. The monoisotopic (exact) mass is 238 g/mol. The largest absolute Gasteiger partial charge is 0.330 e. The molecule has 84 valence electrons. The molecule has 0 aliphatic heterocycles. The molecular weight excluding hydrogens is 219 g/mol. The highest BCUT2D eigenvalue weighted by atomic mass is 35.5. The Morgan fingerprint density at radius 3 is 2.43 bits per heavy atom. The van der Waals surface area contributed by atoms with Gasteiger partial charge in [0.15, 0.2) is 0 Å². The first-order chi connectivity index (χ1) is 6.45. The van der Waals surface area contributed by atoms with Crippen molar-refractivity contribution >= 4 is 23.2 Å². The summed E-state index contributed by atoms with van der Waals surface area (Å²) in [6, 6.07) is 0. The van der Waals surface area contributed by atoms with Crippen molar-refractivity contribution in [3.8, 4) is 0 Å². The second kappa shape index (κ2) is 6.67. The second-order valence-corrected chi connectivity index (χ2v) is 4.93. The smallest absolute Gasteiger partial charge is 0.0434 e. The quantitative estimate of drug-likeness (QED) is 0.772. The van der Waals surface area contributed by atoms with E-state index in [9.17, 15) is 0 Å². The lowest BCUT2D eigenvalue weighted by molar-refractivity contribution is 0.205. The van der Waals surface area contributed by atoms with Crippen LogP contribution in [0.25, 0.3) is 0 Å². The summed E-state index contributed by atoms with van der Waals surface area (Å²) in [7, 11) is 0. The van der Waals surface area contributed by atoms with Gasteiger partial charge >= 0.3 is 0 Å². The Bertz CT molecular complexity index is 191. The molecule has 0 aromatic carbocycles. The predicted molar refractivity (Wildman–Crippen MR) is 64.7 cm³/mol. The third kappa shape index (κ3) is 5.86. The molecule has 0 atom stereocenters. The fourth-order valence-electron chi connectivity index (χ4n) is 1.20. The van der Waals surface area contributed by atoms with Crippen LogP contribution in [0.5, 0.6) is 0 Å². The van der Waals surface area contributed by atoms with Crippen LogP contribution in [0.15, 0.2) is 10.6 Å². The van der Waals surface area contributed by atoms with Crippen LogP contribution in [-0.4, -0.2) is 31.1 Å². The summed E-state index contributed by atoms with van der Waals surface area (Å²) >= 11 is 11.4. The lowest BCUT2D eigenvalue weighted by atomic mass is 9.93. The van der Waals surface area contributed by atoms with Crippen molar-refractivity contribution in [2.75, 3.05) is 26.2 Å². The molecule has 14 heavy (non-hydrogen) atoms. The van der Waals surface area contributed by atoms with Gasteiger partial charge in [-0.15, -0.1) is 0 Å². The maximum Gasteiger partial charge on any atom is 0.0434 e. The van der Waals surface area contributed by atoms with Crippen LogP contribution in [0, 0.1) is 5.41 Å². The van der Waals surface area contributed by atoms with Gasteiger partial charge in [0.25, 0.3) is 0 Å². The zero-order valence-electron chi connectivity index (χ0n) is 9.19. The molecule has 2 nitrogen and oxygen atoms in total. The highest BCUT2D eigenvalue weighted by molar-refractivity contribution is 6.36. The highest BCUT2D eigenvalue weighted by Crippen LogP contribution is 2.16. The number of rotatable bonds is 6. The van der Waals surface area contributed by atoms with Gasteiger partial charge in [-0.2, -0.15) is 0 Å². The van der Waals surface area contributed by atoms with Crippen LogP contribution in [0.2, 0.25) is 0 Å². The Morgan fingerprint density at radius 2 is 2.07 bits per heavy atom. The van der Waals surface area contributed by atoms with Crippen LogP contribution in [0.4, 0.5) is 0 Å². The summed E-state index contributed by atoms with van der Waals surface area (Å²) in [5.74, 6) is 0. The van der Waals surface area contributed by atoms with E-state index in [1.165, 1.54) is 5.54 Å². The van der Waals surface area contributed by atoms with E-state index in [0.717, 1.165) is 13.1 Å². The summed E-state index contributed by atoms with van der Waals surface area (Å²) < 4.78 is 0. The molecular formula is C10H20Cl2N2. The normalized spacial score (nSPS) is 13.8. The SMILES string of the molecule is CCN(CC(Cl)=CCl)CC(C)(C)CN. The Morgan fingerprint density at radius 1 is 1.50 bits per heavy atom. The summed E-state index contributed by atoms with van der Waals surface area (Å²) in [4.78, 5) is 2.23. The van der Waals surface area contributed by atoms with Crippen LogP contribution in [0.1, 0.15) is 20.8 Å². The van der Waals surface area contributed by atoms with Crippen molar-refractivity contribution in [1.29, 1.82) is 0 Å². The van der Waals surface area contributed by atoms with Gasteiger partial charge in [-0.25, -0.2) is 0 Å². The first kappa shape index (κ1) is 14.2. The molecule has 0 heterocycles. The number of nitrogens with zero attached hydrogens (tertiary/aromatic N) is 1. The van der Waals surface area contributed by atoms with E-state index in [1.54, 1.807) is 0 Å². The third-order valence-corrected chi connectivity index (χ3v) is 2.75. The zero-order valence-corrected chi connectivity index (χ0v) is 10.7. The van der Waals surface area contributed by atoms with E-state index in [0.29, 0.717) is 18.1 Å². The number of nitrogens with two attached hydrogens (primary N) is 1. The third-order valence-electron chi connectivity index (χ3n) is 2.14. The molecule has 0 saturated heterocycles. The lowest BCUT2D eigenvalue weighted by Gasteiger charge is -2.30. The first-order valence-electron chi connectivity index (χ1n) is 4.82. The first-order valence-corrected chi connectivity index (χ1v) is 5.63. The molecule has 0 fully saturated rings. The molecule has 0 aromatic rings. The maximum absolute atomic E-state index is 5.87. The molecule has 0 aliphatic rings. The molecule has 2 N–H and O–H groups in total. The summed E-state index contributed by atoms with van der Waals surface area (Å²) in [6.07, 6.45) is 0. The minimum atomic E-state index is 0.124. The number of hydrogen-bond donors (Lipinski definition) is 1. The molecule has 4 heteroatoms. The fraction of sp³-hybridized carbons (Fsp3) is 0.800. The Hall–Kier alpha value is 0.240. The van der Waals surface area contributed by atoms with Crippen molar-refractivity contribution in [3.05, 3.63) is 10.6 Å². The van der Waals surface area contributed by atoms with Crippen molar-refractivity contribution in [3.63, 3.8) is 0 Å². The lowest BCUT2D eigenvalue weighted by Crippen LogP contribution is -2.39. The topological polar surface area (TPSA) is 29.3 Å². The zero-order chi connectivity index (χ0) is 11.2. The van der Waals surface area contributed by atoms with Gasteiger partial charge < -0.3 is 5.73 Å². The van der Waals surface area contributed by atoms with Crippen LogP contribution in [-0.2, 0) is 0 Å². The molecule has 0 saturated carbocycles. The average Bonchev–Trinajstić information content (AvgIpc) is 2.16. The Kier molecular flexibility index (Phi) is 6.79. The van der Waals surface area contributed by atoms with Gasteiger partial charge in [-0.05, 0) is 18.5 Å². The van der Waals surface area contributed by atoms with Gasteiger partial charge in [0.1, 0.15) is 0 Å². The summed E-state index contributed by atoms with van der Waals surface area (Å²) in [5.41, 5.74) is 7.21. The van der Waals surface area contributed by atoms with Gasteiger partial charge in [-0.1, -0.05) is 44.0 Å². The minimum absolute atomic E-state index is 0.124. The van der Waals surface area contributed by atoms with E-state index < -0.39 is 0 Å². The standard InChI is InChI=1S/C10H20Cl2N2/c1-4-14(6-9(12)5-11)8-10(2,3)7-13/h5H,4,6-8,13H2,1-3H3. The molecule has 0 radical (unpaired) electrons. The molecule has 0 aromatic heterocycles. The van der Waals surface area contributed by atoms with E-state index in [4.69, 9.17) is 28.9 Å². The second-order valence-electron chi connectivity index (χ2n) is 4.23. The molecule has 0 rings (SSSR count). The molecule has 0 aliphatic carbocycles. The van der Waals surface area contributed by atoms with Crippen LogP contribution < -0.4 is 5.73 Å². The fourth-order valence-corrected chi connectivity index (χ4v) is 1.44. The average molecular weight is 239 g/mol. The number of likely N-dealkylation sites (N-methyl/N-ethyl adjacent to an activating group) is 1. The van der Waals surface area contributed by atoms with Gasteiger partial charge in [0.05, 0.1) is 0 Å². The van der Waals surface area contributed by atoms with E-state index in [-0.39, 0.29) is 5.41 Å². The predicted octanol–water partition coefficient (Wildman–Crippen LogP) is 2.61.